The van der Waals surface area contributed by atoms with E-state index >= 15 is 0 Å². The third kappa shape index (κ3) is 3.11. The molecule has 21 heavy (non-hydrogen) atoms. The molecule has 1 amide bonds. The quantitative estimate of drug-likeness (QED) is 0.608. The average Bonchev–Trinajstić information content (AvgIpc) is 2.47. The second-order valence-electron chi connectivity index (χ2n) is 4.96. The van der Waals surface area contributed by atoms with Gasteiger partial charge in [0.15, 0.2) is 0 Å². The maximum absolute atomic E-state index is 11.3. The smallest absolute Gasteiger partial charge is 0.292 e. The maximum Gasteiger partial charge on any atom is 0.292 e. The van der Waals surface area contributed by atoms with Gasteiger partial charge in [0.05, 0.1) is 24.2 Å². The first kappa shape index (κ1) is 15.2. The van der Waals surface area contributed by atoms with Crippen molar-refractivity contribution in [3.8, 4) is 0 Å². The van der Waals surface area contributed by atoms with Crippen LogP contribution in [0.1, 0.15) is 17.3 Å². The molecule has 0 saturated carbocycles. The highest BCUT2D eigenvalue weighted by atomic mass is 16.6. The molecule has 1 aromatic carbocycles. The maximum atomic E-state index is 11.3. The first-order chi connectivity index (χ1) is 9.93. The van der Waals surface area contributed by atoms with E-state index in [1.165, 1.54) is 18.2 Å². The fourth-order valence-electron chi connectivity index (χ4n) is 2.32. The summed E-state index contributed by atoms with van der Waals surface area (Å²) >= 11 is 0. The minimum atomic E-state index is -0.647. The minimum Gasteiger partial charge on any atom is -0.394 e. The lowest BCUT2D eigenvalue weighted by Gasteiger charge is -2.38. The summed E-state index contributed by atoms with van der Waals surface area (Å²) in [5.74, 6) is -0.647. The zero-order chi connectivity index (χ0) is 15.6. The standard InChI is InChI=1S/C13H17N3O5/c1-8-7-21-10(6-17)5-15(8)12-4-9(13(14)18)2-3-11(12)16(19)20/h2-4,8,10,17H,5-7H2,1H3,(H2,14,18). The van der Waals surface area contributed by atoms with E-state index < -0.39 is 16.9 Å². The Morgan fingerprint density at radius 1 is 1.62 bits per heavy atom. The molecular weight excluding hydrogens is 278 g/mol. The van der Waals surface area contributed by atoms with E-state index in [0.717, 1.165) is 0 Å². The van der Waals surface area contributed by atoms with Crippen LogP contribution in [0.3, 0.4) is 0 Å². The molecule has 1 saturated heterocycles. The molecule has 0 spiro atoms. The molecule has 0 bridgehead atoms. The molecule has 0 aromatic heterocycles. The van der Waals surface area contributed by atoms with Crippen LogP contribution in [0.4, 0.5) is 11.4 Å². The van der Waals surface area contributed by atoms with E-state index in [0.29, 0.717) is 18.8 Å². The van der Waals surface area contributed by atoms with Gasteiger partial charge in [0.2, 0.25) is 5.91 Å². The molecule has 3 N–H and O–H groups in total. The number of nitrogens with zero attached hydrogens (tertiary/aromatic N) is 2. The van der Waals surface area contributed by atoms with Crippen molar-refractivity contribution < 1.29 is 19.6 Å². The zero-order valence-corrected chi connectivity index (χ0v) is 11.6. The highest BCUT2D eigenvalue weighted by Crippen LogP contribution is 2.32. The number of aliphatic hydroxyl groups is 1. The van der Waals surface area contributed by atoms with Crippen LogP contribution in [0.25, 0.3) is 0 Å². The lowest BCUT2D eigenvalue weighted by molar-refractivity contribution is -0.384. The number of anilines is 1. The lowest BCUT2D eigenvalue weighted by Crippen LogP contribution is -2.49. The van der Waals surface area contributed by atoms with E-state index in [9.17, 15) is 20.0 Å². The Bertz CT molecular complexity index is 563. The fraction of sp³-hybridized carbons (Fsp3) is 0.462. The monoisotopic (exact) mass is 295 g/mol. The van der Waals surface area contributed by atoms with Crippen molar-refractivity contribution in [2.75, 3.05) is 24.7 Å². The van der Waals surface area contributed by atoms with Gasteiger partial charge in [-0.2, -0.15) is 0 Å². The molecular formula is C13H17N3O5. The van der Waals surface area contributed by atoms with E-state index in [1.54, 1.807) is 4.90 Å². The van der Waals surface area contributed by atoms with E-state index in [2.05, 4.69) is 0 Å². The van der Waals surface area contributed by atoms with Gasteiger partial charge in [0.1, 0.15) is 5.69 Å². The Labute approximate surface area is 121 Å². The molecule has 1 aliphatic heterocycles. The Kier molecular flexibility index (Phi) is 4.39. The van der Waals surface area contributed by atoms with Crippen molar-refractivity contribution in [3.63, 3.8) is 0 Å². The average molecular weight is 295 g/mol. The molecule has 1 aliphatic rings. The van der Waals surface area contributed by atoms with Gasteiger partial charge in [0, 0.05) is 24.2 Å². The molecule has 0 aliphatic carbocycles. The first-order valence-electron chi connectivity index (χ1n) is 6.51. The van der Waals surface area contributed by atoms with Crippen molar-refractivity contribution in [2.45, 2.75) is 19.1 Å². The van der Waals surface area contributed by atoms with E-state index in [1.807, 2.05) is 6.92 Å². The normalized spacial score (nSPS) is 22.1. The number of primary amides is 1. The number of carbonyl (C=O) groups is 1. The number of aliphatic hydroxyl groups excluding tert-OH is 1. The van der Waals surface area contributed by atoms with E-state index in [4.69, 9.17) is 10.5 Å². The largest absolute Gasteiger partial charge is 0.394 e. The minimum absolute atomic E-state index is 0.106. The van der Waals surface area contributed by atoms with Gasteiger partial charge in [-0.05, 0) is 19.1 Å². The van der Waals surface area contributed by atoms with Crippen LogP contribution in [-0.2, 0) is 4.74 Å². The summed E-state index contributed by atoms with van der Waals surface area (Å²) in [5.41, 5.74) is 5.64. The second-order valence-corrected chi connectivity index (χ2v) is 4.96. The zero-order valence-electron chi connectivity index (χ0n) is 11.6. The summed E-state index contributed by atoms with van der Waals surface area (Å²) in [6, 6.07) is 3.90. The Morgan fingerprint density at radius 3 is 2.90 bits per heavy atom. The van der Waals surface area contributed by atoms with Gasteiger partial charge in [-0.25, -0.2) is 0 Å². The van der Waals surface area contributed by atoms with Gasteiger partial charge in [0.25, 0.3) is 5.69 Å². The third-order valence-electron chi connectivity index (χ3n) is 3.48. The number of ether oxygens (including phenoxy) is 1. The predicted octanol–water partition coefficient (Wildman–Crippen LogP) is 0.280. The van der Waals surface area contributed by atoms with Crippen molar-refractivity contribution in [1.82, 2.24) is 0 Å². The summed E-state index contributed by atoms with van der Waals surface area (Å²) in [5, 5.41) is 20.4. The van der Waals surface area contributed by atoms with Gasteiger partial charge in [-0.1, -0.05) is 0 Å². The molecule has 1 aromatic rings. The van der Waals surface area contributed by atoms with Gasteiger partial charge < -0.3 is 20.5 Å². The Morgan fingerprint density at radius 2 is 2.33 bits per heavy atom. The number of hydrogen-bond acceptors (Lipinski definition) is 6. The number of nitro groups is 1. The first-order valence-corrected chi connectivity index (χ1v) is 6.51. The molecule has 1 fully saturated rings. The number of amides is 1. The summed E-state index contributed by atoms with van der Waals surface area (Å²) in [6.45, 7) is 2.32. The van der Waals surface area contributed by atoms with Crippen molar-refractivity contribution in [3.05, 3.63) is 33.9 Å². The Balaban J connectivity index is 2.45. The molecule has 2 unspecified atom stereocenters. The van der Waals surface area contributed by atoms with Gasteiger partial charge >= 0.3 is 0 Å². The topological polar surface area (TPSA) is 119 Å². The number of carbonyl (C=O) groups excluding carboxylic acids is 1. The third-order valence-corrected chi connectivity index (χ3v) is 3.48. The highest BCUT2D eigenvalue weighted by molar-refractivity contribution is 5.94. The van der Waals surface area contributed by atoms with Crippen LogP contribution in [0.15, 0.2) is 18.2 Å². The molecule has 8 heteroatoms. The molecule has 0 radical (unpaired) electrons. The summed E-state index contributed by atoms with van der Waals surface area (Å²) in [6.07, 6.45) is -0.418. The number of rotatable bonds is 4. The number of benzene rings is 1. The summed E-state index contributed by atoms with van der Waals surface area (Å²) in [7, 11) is 0. The second kappa shape index (κ2) is 6.06. The highest BCUT2D eigenvalue weighted by Gasteiger charge is 2.30. The molecule has 2 atom stereocenters. The molecule has 2 rings (SSSR count). The molecule has 1 heterocycles. The van der Waals surface area contributed by atoms with Crippen molar-refractivity contribution in [2.24, 2.45) is 5.73 Å². The van der Waals surface area contributed by atoms with Crippen LogP contribution in [0, 0.1) is 10.1 Å². The van der Waals surface area contributed by atoms with Crippen LogP contribution in [-0.4, -0.2) is 47.8 Å². The van der Waals surface area contributed by atoms with Crippen LogP contribution < -0.4 is 10.6 Å². The fourth-order valence-corrected chi connectivity index (χ4v) is 2.32. The summed E-state index contributed by atoms with van der Waals surface area (Å²) in [4.78, 5) is 23.7. The summed E-state index contributed by atoms with van der Waals surface area (Å²) < 4.78 is 5.42. The van der Waals surface area contributed by atoms with Crippen molar-refractivity contribution >= 4 is 17.3 Å². The predicted molar refractivity (Wildman–Crippen MR) is 75.2 cm³/mol. The van der Waals surface area contributed by atoms with Crippen molar-refractivity contribution in [1.29, 1.82) is 0 Å². The number of morpholine rings is 1. The van der Waals surface area contributed by atoms with Gasteiger partial charge in [-0.15, -0.1) is 0 Å². The number of nitrogens with two attached hydrogens (primary N) is 1. The van der Waals surface area contributed by atoms with Crippen LogP contribution in [0.5, 0.6) is 0 Å². The number of nitro benzene ring substituents is 1. The number of hydrogen-bond donors (Lipinski definition) is 2. The van der Waals surface area contributed by atoms with Crippen LogP contribution in [0.2, 0.25) is 0 Å². The van der Waals surface area contributed by atoms with E-state index in [-0.39, 0.29) is 23.9 Å². The molecule has 114 valence electrons. The molecule has 8 nitrogen and oxygen atoms in total. The van der Waals surface area contributed by atoms with Gasteiger partial charge in [-0.3, -0.25) is 14.9 Å². The Hall–Kier alpha value is -2.19. The lowest BCUT2D eigenvalue weighted by atomic mass is 10.1. The SMILES string of the molecule is CC1COC(CO)CN1c1cc(C(N)=O)ccc1[N+](=O)[O-]. The van der Waals surface area contributed by atoms with Crippen LogP contribution >= 0.6 is 0 Å².